The van der Waals surface area contributed by atoms with Gasteiger partial charge in [-0.2, -0.15) is 0 Å². The van der Waals surface area contributed by atoms with E-state index in [-0.39, 0.29) is 23.8 Å². The summed E-state index contributed by atoms with van der Waals surface area (Å²) < 4.78 is 5.47. The molecule has 0 saturated carbocycles. The van der Waals surface area contributed by atoms with Gasteiger partial charge < -0.3 is 20.3 Å². The van der Waals surface area contributed by atoms with E-state index in [1.165, 1.54) is 4.90 Å². The Morgan fingerprint density at radius 1 is 0.951 bits per heavy atom. The van der Waals surface area contributed by atoms with E-state index in [0.29, 0.717) is 23.2 Å². The van der Waals surface area contributed by atoms with Crippen molar-refractivity contribution in [2.45, 2.75) is 78.6 Å². The maximum atomic E-state index is 14.3. The third-order valence-corrected chi connectivity index (χ3v) is 6.90. The molecule has 0 aliphatic carbocycles. The van der Waals surface area contributed by atoms with Gasteiger partial charge in [-0.15, -0.1) is 6.42 Å². The average molecular weight is 556 g/mol. The van der Waals surface area contributed by atoms with Crippen molar-refractivity contribution in [3.63, 3.8) is 0 Å². The minimum absolute atomic E-state index is 0.218. The van der Waals surface area contributed by atoms with E-state index in [0.717, 1.165) is 10.8 Å². The zero-order valence-corrected chi connectivity index (χ0v) is 25.0. The Hall–Kier alpha value is -4.31. The number of carbonyl (C=O) groups is 3. The smallest absolute Gasteiger partial charge is 0.408 e. The van der Waals surface area contributed by atoms with E-state index in [1.54, 1.807) is 45.0 Å². The van der Waals surface area contributed by atoms with Crippen molar-refractivity contribution in [1.29, 1.82) is 0 Å². The molecule has 3 aromatic carbocycles. The van der Waals surface area contributed by atoms with Gasteiger partial charge in [0.2, 0.25) is 5.91 Å². The van der Waals surface area contributed by atoms with Crippen LogP contribution in [-0.2, 0) is 14.3 Å². The van der Waals surface area contributed by atoms with Gasteiger partial charge in [-0.05, 0) is 81.1 Å². The van der Waals surface area contributed by atoms with Crippen LogP contribution in [0.25, 0.3) is 10.8 Å². The Balaban J connectivity index is 2.04. The first-order chi connectivity index (χ1) is 19.3. The number of ether oxygens (including phenoxy) is 1. The van der Waals surface area contributed by atoms with Crippen LogP contribution in [0, 0.1) is 18.3 Å². The molecular weight excluding hydrogens is 514 g/mol. The lowest BCUT2D eigenvalue weighted by Crippen LogP contribution is -2.56. The highest BCUT2D eigenvalue weighted by atomic mass is 16.6. The maximum absolute atomic E-state index is 14.3. The Labute approximate surface area is 243 Å². The van der Waals surface area contributed by atoms with Gasteiger partial charge in [0.05, 0.1) is 0 Å². The second-order valence-corrected chi connectivity index (χ2v) is 11.6. The monoisotopic (exact) mass is 555 g/mol. The minimum Gasteiger partial charge on any atom is -0.444 e. The number of benzene rings is 3. The van der Waals surface area contributed by atoms with E-state index in [9.17, 15) is 14.4 Å². The molecule has 0 spiro atoms. The largest absolute Gasteiger partial charge is 0.444 e. The zero-order chi connectivity index (χ0) is 30.3. The highest BCUT2D eigenvalue weighted by molar-refractivity contribution is 6.00. The van der Waals surface area contributed by atoms with Crippen LogP contribution >= 0.6 is 0 Å². The fourth-order valence-electron chi connectivity index (χ4n) is 4.64. The van der Waals surface area contributed by atoms with Gasteiger partial charge in [-0.25, -0.2) is 4.79 Å². The Kier molecular flexibility index (Phi) is 10.2. The number of hydrogen-bond acceptors (Lipinski definition) is 4. The second kappa shape index (κ2) is 13.4. The Morgan fingerprint density at radius 2 is 1.59 bits per heavy atom. The molecule has 0 bridgehead atoms. The lowest BCUT2D eigenvalue weighted by Gasteiger charge is -2.38. The van der Waals surface area contributed by atoms with Gasteiger partial charge in [-0.1, -0.05) is 68.7 Å². The summed E-state index contributed by atoms with van der Waals surface area (Å²) in [4.78, 5) is 42.7. The fourth-order valence-corrected chi connectivity index (χ4v) is 4.64. The summed E-state index contributed by atoms with van der Waals surface area (Å²) in [6, 6.07) is 18.3. The first-order valence-electron chi connectivity index (χ1n) is 14.0. The predicted octanol–water partition coefficient (Wildman–Crippen LogP) is 6.68. The van der Waals surface area contributed by atoms with Crippen molar-refractivity contribution in [2.24, 2.45) is 5.92 Å². The third kappa shape index (κ3) is 8.11. The summed E-state index contributed by atoms with van der Waals surface area (Å²) in [7, 11) is 0. The topological polar surface area (TPSA) is 87.7 Å². The number of nitrogens with one attached hydrogen (secondary N) is 2. The number of terminal acetylenes is 1. The molecule has 0 aliphatic rings. The van der Waals surface area contributed by atoms with Crippen LogP contribution in [0.1, 0.15) is 72.1 Å². The summed E-state index contributed by atoms with van der Waals surface area (Å²) >= 11 is 0. The SMILES string of the molecule is C#Cc1ccc(C(C(=O)Nc2ccc3ccccc3c2)N(C(=O)C(NC(=O)OC(C)(C)C)C(C)CC)C(C)C)cc1. The summed E-state index contributed by atoms with van der Waals surface area (Å²) in [6.07, 6.45) is 5.52. The quantitative estimate of drug-likeness (QED) is 0.289. The molecule has 3 aromatic rings. The zero-order valence-electron chi connectivity index (χ0n) is 25.0. The molecule has 7 nitrogen and oxygen atoms in total. The molecule has 0 saturated heterocycles. The second-order valence-electron chi connectivity index (χ2n) is 11.6. The van der Waals surface area contributed by atoms with Crippen LogP contribution in [0.3, 0.4) is 0 Å². The first kappa shape index (κ1) is 31.2. The molecular formula is C34H41N3O4. The highest BCUT2D eigenvalue weighted by Gasteiger charge is 2.39. The van der Waals surface area contributed by atoms with Gasteiger partial charge in [0, 0.05) is 17.3 Å². The van der Waals surface area contributed by atoms with E-state index < -0.39 is 23.8 Å². The van der Waals surface area contributed by atoms with E-state index in [1.807, 2.05) is 70.2 Å². The van der Waals surface area contributed by atoms with Crippen LogP contribution in [0.4, 0.5) is 10.5 Å². The van der Waals surface area contributed by atoms with Gasteiger partial charge in [0.1, 0.15) is 17.7 Å². The average Bonchev–Trinajstić information content (AvgIpc) is 2.92. The number of hydrogen-bond donors (Lipinski definition) is 2. The summed E-state index contributed by atoms with van der Waals surface area (Å²) in [5.41, 5.74) is 1.14. The van der Waals surface area contributed by atoms with Crippen molar-refractivity contribution in [1.82, 2.24) is 10.2 Å². The molecule has 0 radical (unpaired) electrons. The number of fused-ring (bicyclic) bond motifs is 1. The van der Waals surface area contributed by atoms with Crippen molar-refractivity contribution in [3.05, 3.63) is 77.9 Å². The molecule has 41 heavy (non-hydrogen) atoms. The molecule has 3 unspecified atom stereocenters. The highest BCUT2D eigenvalue weighted by Crippen LogP contribution is 2.29. The van der Waals surface area contributed by atoms with Crippen LogP contribution < -0.4 is 10.6 Å². The normalized spacial score (nSPS) is 13.5. The van der Waals surface area contributed by atoms with Crippen LogP contribution in [0.5, 0.6) is 0 Å². The molecule has 0 heterocycles. The lowest BCUT2D eigenvalue weighted by molar-refractivity contribution is -0.144. The van der Waals surface area contributed by atoms with Gasteiger partial charge in [0.25, 0.3) is 5.91 Å². The van der Waals surface area contributed by atoms with Crippen molar-refractivity contribution >= 4 is 34.4 Å². The molecule has 3 rings (SSSR count). The van der Waals surface area contributed by atoms with Crippen molar-refractivity contribution in [3.8, 4) is 12.3 Å². The molecule has 3 atom stereocenters. The van der Waals surface area contributed by atoms with Crippen LogP contribution in [0.2, 0.25) is 0 Å². The molecule has 2 N–H and O–H groups in total. The molecule has 7 heteroatoms. The number of amides is 3. The summed E-state index contributed by atoms with van der Waals surface area (Å²) in [5, 5.41) is 7.84. The Bertz CT molecular complexity index is 1420. The number of nitrogens with zero attached hydrogens (tertiary/aromatic N) is 1. The third-order valence-electron chi connectivity index (χ3n) is 6.90. The minimum atomic E-state index is -0.993. The van der Waals surface area contributed by atoms with Gasteiger partial charge in [-0.3, -0.25) is 9.59 Å². The summed E-state index contributed by atoms with van der Waals surface area (Å²) in [6.45, 7) is 12.8. The lowest BCUT2D eigenvalue weighted by atomic mass is 9.94. The van der Waals surface area contributed by atoms with Gasteiger partial charge in [0.15, 0.2) is 0 Å². The predicted molar refractivity (Wildman–Crippen MR) is 164 cm³/mol. The van der Waals surface area contributed by atoms with Gasteiger partial charge >= 0.3 is 6.09 Å². The summed E-state index contributed by atoms with van der Waals surface area (Å²) in [5.74, 6) is 1.62. The van der Waals surface area contributed by atoms with Crippen LogP contribution in [0.15, 0.2) is 66.7 Å². The van der Waals surface area contributed by atoms with E-state index in [2.05, 4.69) is 16.6 Å². The number of alkyl carbamates (subject to hydrolysis) is 1. The van der Waals surface area contributed by atoms with Crippen molar-refractivity contribution in [2.75, 3.05) is 5.32 Å². The molecule has 216 valence electrons. The van der Waals surface area contributed by atoms with Crippen LogP contribution in [-0.4, -0.2) is 40.5 Å². The Morgan fingerprint density at radius 3 is 2.15 bits per heavy atom. The fraction of sp³-hybridized carbons (Fsp3) is 0.382. The first-order valence-corrected chi connectivity index (χ1v) is 14.0. The molecule has 3 amide bonds. The number of rotatable bonds is 9. The maximum Gasteiger partial charge on any atom is 0.408 e. The van der Waals surface area contributed by atoms with E-state index in [4.69, 9.17) is 11.2 Å². The molecule has 0 aromatic heterocycles. The standard InChI is InChI=1S/C34H41N3O4/c1-9-23(5)29(36-33(40)41-34(6,7)8)32(39)37(22(3)4)30(26-17-15-24(10-2)16-18-26)31(38)35-28-20-19-25-13-11-12-14-27(25)21-28/h2,11-23,29-30H,9H2,1,3-8H3,(H,35,38)(H,36,40). The number of carbonyl (C=O) groups excluding carboxylic acids is 3. The number of anilines is 1. The molecule has 0 aliphatic heterocycles. The van der Waals surface area contributed by atoms with Crippen molar-refractivity contribution < 1.29 is 19.1 Å². The molecule has 0 fully saturated rings. The van der Waals surface area contributed by atoms with E-state index >= 15 is 0 Å².